The highest BCUT2D eigenvalue weighted by molar-refractivity contribution is 5.76. The second kappa shape index (κ2) is 17.3. The molecule has 5 rings (SSSR count). The van der Waals surface area contributed by atoms with Crippen LogP contribution in [0.25, 0.3) is 0 Å². The molecule has 0 aliphatic carbocycles. The molecule has 1 atom stereocenters. The Morgan fingerprint density at radius 1 is 0.854 bits per heavy atom. The van der Waals surface area contributed by atoms with E-state index in [0.29, 0.717) is 26.0 Å². The first-order valence-corrected chi connectivity index (χ1v) is 17.1. The Bertz CT molecular complexity index is 1540. The summed E-state index contributed by atoms with van der Waals surface area (Å²) in [6.45, 7) is 3.09. The summed E-state index contributed by atoms with van der Waals surface area (Å²) in [5, 5.41) is 3.14. The monoisotopic (exact) mass is 652 g/mol. The molecule has 4 aromatic rings. The first-order chi connectivity index (χ1) is 23.5. The van der Waals surface area contributed by atoms with E-state index in [1.54, 1.807) is 33.5 Å². The maximum Gasteiger partial charge on any atom is 0.220 e. The largest absolute Gasteiger partial charge is 0.493 e. The van der Waals surface area contributed by atoms with Crippen molar-refractivity contribution in [1.82, 2.24) is 10.2 Å². The first kappa shape index (κ1) is 35.1. The summed E-state index contributed by atoms with van der Waals surface area (Å²) in [6, 6.07) is 32.4. The first-order valence-electron chi connectivity index (χ1n) is 17.1. The predicted octanol–water partition coefficient (Wildman–Crippen LogP) is 7.68. The van der Waals surface area contributed by atoms with Gasteiger partial charge >= 0.3 is 0 Å². The number of rotatable bonds is 17. The van der Waals surface area contributed by atoms with Crippen molar-refractivity contribution in [3.8, 4) is 11.5 Å². The van der Waals surface area contributed by atoms with Gasteiger partial charge < -0.3 is 19.5 Å². The Kier molecular flexibility index (Phi) is 12.6. The number of amides is 1. The second-order valence-corrected chi connectivity index (χ2v) is 12.7. The van der Waals surface area contributed by atoms with Crippen molar-refractivity contribution in [2.24, 2.45) is 0 Å². The average Bonchev–Trinajstić information content (AvgIpc) is 3.13. The van der Waals surface area contributed by atoms with Crippen LogP contribution in [0.3, 0.4) is 0 Å². The van der Waals surface area contributed by atoms with Gasteiger partial charge in [-0.3, -0.25) is 9.69 Å². The number of ether oxygens (including phenoxy) is 3. The fourth-order valence-electron chi connectivity index (χ4n) is 7.28. The molecule has 0 spiro atoms. The Balaban J connectivity index is 1.29. The van der Waals surface area contributed by atoms with Crippen molar-refractivity contribution in [3.05, 3.63) is 131 Å². The van der Waals surface area contributed by atoms with Gasteiger partial charge in [0, 0.05) is 32.0 Å². The van der Waals surface area contributed by atoms with Gasteiger partial charge in [0.05, 0.1) is 26.9 Å². The number of methoxy groups -OCH3 is 3. The van der Waals surface area contributed by atoms with E-state index >= 15 is 0 Å². The van der Waals surface area contributed by atoms with Gasteiger partial charge in [0.15, 0.2) is 11.5 Å². The SMILES string of the molecule is COCC1c2cc(OC)c(OC)cc2CCN1CCCC(CCCNC(=O)CCc1ccc(F)cc1)(c1ccccc1)c1ccccc1. The molecule has 1 aliphatic heterocycles. The van der Waals surface area contributed by atoms with Gasteiger partial charge in [-0.15, -0.1) is 0 Å². The van der Waals surface area contributed by atoms with Crippen LogP contribution in [-0.4, -0.2) is 58.4 Å². The van der Waals surface area contributed by atoms with Gasteiger partial charge in [-0.1, -0.05) is 72.8 Å². The van der Waals surface area contributed by atoms with Crippen LogP contribution >= 0.6 is 0 Å². The zero-order valence-electron chi connectivity index (χ0n) is 28.6. The highest BCUT2D eigenvalue weighted by atomic mass is 19.1. The number of hydrogen-bond donors (Lipinski definition) is 1. The molecule has 0 radical (unpaired) electrons. The van der Waals surface area contributed by atoms with Crippen molar-refractivity contribution in [3.63, 3.8) is 0 Å². The lowest BCUT2D eigenvalue weighted by Crippen LogP contribution is -2.39. The van der Waals surface area contributed by atoms with Crippen molar-refractivity contribution >= 4 is 5.91 Å². The molecule has 1 heterocycles. The minimum Gasteiger partial charge on any atom is -0.493 e. The number of carbonyl (C=O) groups is 1. The van der Waals surface area contributed by atoms with Crippen LogP contribution in [0.5, 0.6) is 11.5 Å². The number of nitrogens with one attached hydrogen (secondary N) is 1. The summed E-state index contributed by atoms with van der Waals surface area (Å²) in [6.07, 6.45) is 5.63. The number of aryl methyl sites for hydroxylation is 1. The van der Waals surface area contributed by atoms with E-state index in [9.17, 15) is 9.18 Å². The molecule has 48 heavy (non-hydrogen) atoms. The molecule has 6 nitrogen and oxygen atoms in total. The number of benzene rings is 4. The zero-order valence-corrected chi connectivity index (χ0v) is 28.6. The average molecular weight is 653 g/mol. The van der Waals surface area contributed by atoms with Crippen molar-refractivity contribution in [2.45, 2.75) is 56.4 Å². The lowest BCUT2D eigenvalue weighted by Gasteiger charge is -2.39. The Labute approximate surface area is 285 Å². The third kappa shape index (κ3) is 8.63. The Hall–Kier alpha value is -4.20. The Morgan fingerprint density at radius 3 is 2.10 bits per heavy atom. The molecule has 1 aliphatic rings. The van der Waals surface area contributed by atoms with Crippen molar-refractivity contribution in [1.29, 1.82) is 0 Å². The molecular weight excluding hydrogens is 603 g/mol. The second-order valence-electron chi connectivity index (χ2n) is 12.7. The van der Waals surface area contributed by atoms with Gasteiger partial charge in [0.1, 0.15) is 5.82 Å². The Morgan fingerprint density at radius 2 is 1.48 bits per heavy atom. The highest BCUT2D eigenvalue weighted by Gasteiger charge is 2.35. The number of fused-ring (bicyclic) bond motifs is 1. The summed E-state index contributed by atoms with van der Waals surface area (Å²) in [5.41, 5.74) is 5.88. The lowest BCUT2D eigenvalue weighted by molar-refractivity contribution is -0.121. The number of nitrogens with zero attached hydrogens (tertiary/aromatic N) is 1. The number of hydrogen-bond acceptors (Lipinski definition) is 5. The summed E-state index contributed by atoms with van der Waals surface area (Å²) in [7, 11) is 5.13. The molecule has 254 valence electrons. The fraction of sp³-hybridized carbons (Fsp3) is 0.390. The standard InChI is InChI=1S/C41H49FN2O4/c1-46-30-37-36-29-39(48-3)38(47-2)28-32(36)22-27-44(37)26-11-24-41(33-12-6-4-7-13-33,34-14-8-5-9-15-34)23-10-25-43-40(45)21-18-31-16-19-35(42)20-17-31/h4-9,12-17,19-20,28-29,37H,10-11,18,21-27,30H2,1-3H3,(H,43,45). The van der Waals surface area contributed by atoms with E-state index in [0.717, 1.165) is 62.3 Å². The molecular formula is C41H49FN2O4. The minimum atomic E-state index is -0.263. The number of halogens is 1. The van der Waals surface area contributed by atoms with E-state index in [1.165, 1.54) is 34.4 Å². The molecule has 7 heteroatoms. The third-order valence-corrected chi connectivity index (χ3v) is 9.80. The molecule has 0 fully saturated rings. The van der Waals surface area contributed by atoms with E-state index in [-0.39, 0.29) is 23.2 Å². The van der Waals surface area contributed by atoms with Crippen LogP contribution in [0.2, 0.25) is 0 Å². The fourth-order valence-corrected chi connectivity index (χ4v) is 7.28. The summed E-state index contributed by atoms with van der Waals surface area (Å²) < 4.78 is 30.3. The molecule has 0 bridgehead atoms. The maximum absolute atomic E-state index is 13.3. The maximum atomic E-state index is 13.3. The third-order valence-electron chi connectivity index (χ3n) is 9.80. The molecule has 0 saturated carbocycles. The molecule has 0 saturated heterocycles. The van der Waals surface area contributed by atoms with E-state index in [2.05, 4.69) is 83.0 Å². The highest BCUT2D eigenvalue weighted by Crippen LogP contribution is 2.42. The zero-order chi connectivity index (χ0) is 33.8. The molecule has 0 aromatic heterocycles. The van der Waals surface area contributed by atoms with Crippen LogP contribution in [0.1, 0.15) is 66.0 Å². The van der Waals surface area contributed by atoms with Crippen molar-refractivity contribution in [2.75, 3.05) is 47.6 Å². The van der Waals surface area contributed by atoms with E-state index in [1.807, 2.05) is 0 Å². The van der Waals surface area contributed by atoms with Crippen molar-refractivity contribution < 1.29 is 23.4 Å². The van der Waals surface area contributed by atoms with Crippen LogP contribution in [0.15, 0.2) is 97.1 Å². The van der Waals surface area contributed by atoms with E-state index in [4.69, 9.17) is 14.2 Å². The normalized spacial score (nSPS) is 14.7. The minimum absolute atomic E-state index is 0.0214. The molecule has 1 amide bonds. The van der Waals surface area contributed by atoms with Gasteiger partial charge in [-0.2, -0.15) is 0 Å². The van der Waals surface area contributed by atoms with Gasteiger partial charge in [0.25, 0.3) is 0 Å². The summed E-state index contributed by atoms with van der Waals surface area (Å²) in [4.78, 5) is 15.3. The molecule has 4 aromatic carbocycles. The smallest absolute Gasteiger partial charge is 0.220 e. The van der Waals surface area contributed by atoms with Crippen LogP contribution in [-0.2, 0) is 27.8 Å². The summed E-state index contributed by atoms with van der Waals surface area (Å²) in [5.74, 6) is 1.27. The molecule has 1 N–H and O–H groups in total. The quantitative estimate of drug-likeness (QED) is 0.119. The van der Waals surface area contributed by atoms with Gasteiger partial charge in [-0.25, -0.2) is 4.39 Å². The number of carbonyl (C=O) groups excluding carboxylic acids is 1. The predicted molar refractivity (Wildman–Crippen MR) is 189 cm³/mol. The van der Waals surface area contributed by atoms with Gasteiger partial charge in [-0.05, 0) is 97.2 Å². The van der Waals surface area contributed by atoms with E-state index < -0.39 is 0 Å². The van der Waals surface area contributed by atoms with Crippen LogP contribution in [0.4, 0.5) is 4.39 Å². The van der Waals surface area contributed by atoms with Gasteiger partial charge in [0.2, 0.25) is 5.91 Å². The lowest BCUT2D eigenvalue weighted by atomic mass is 9.68. The molecule has 1 unspecified atom stereocenters. The van der Waals surface area contributed by atoms with Crippen LogP contribution < -0.4 is 14.8 Å². The topological polar surface area (TPSA) is 60.0 Å². The van der Waals surface area contributed by atoms with Crippen LogP contribution in [0, 0.1) is 5.82 Å². The summed E-state index contributed by atoms with van der Waals surface area (Å²) >= 11 is 0.